The van der Waals surface area contributed by atoms with E-state index in [9.17, 15) is 4.79 Å². The first-order valence-corrected chi connectivity index (χ1v) is 5.91. The Bertz CT molecular complexity index is 331. The van der Waals surface area contributed by atoms with Gasteiger partial charge in [-0.15, -0.1) is 0 Å². The van der Waals surface area contributed by atoms with Crippen LogP contribution >= 0.6 is 0 Å². The number of ketones is 1. The molecule has 3 heteroatoms. The lowest BCUT2D eigenvalue weighted by molar-refractivity contribution is -0.128. The fraction of sp³-hybridized carbons (Fsp3) is 0.615. The van der Waals surface area contributed by atoms with Crippen molar-refractivity contribution in [1.29, 1.82) is 0 Å². The van der Waals surface area contributed by atoms with Crippen LogP contribution in [0.5, 0.6) is 0 Å². The Balaban J connectivity index is 2.53. The molecule has 3 nitrogen and oxygen atoms in total. The van der Waals surface area contributed by atoms with Crippen molar-refractivity contribution < 1.29 is 4.79 Å². The average molecular weight is 220 g/mol. The van der Waals surface area contributed by atoms with Gasteiger partial charge in [0.2, 0.25) is 0 Å². The number of Topliss-reactive ketones (excluding diaryl/α,β-unsaturated/α-hetero) is 1. The summed E-state index contributed by atoms with van der Waals surface area (Å²) >= 11 is 0. The molecule has 0 aliphatic carbocycles. The van der Waals surface area contributed by atoms with Crippen LogP contribution in [0.15, 0.2) is 18.5 Å². The number of nitrogens with zero attached hydrogens (tertiary/aromatic N) is 2. The van der Waals surface area contributed by atoms with E-state index in [0.29, 0.717) is 18.6 Å². The second kappa shape index (κ2) is 5.73. The Morgan fingerprint density at radius 2 is 1.81 bits per heavy atom. The van der Waals surface area contributed by atoms with Crippen molar-refractivity contribution in [3.05, 3.63) is 24.3 Å². The third-order valence-electron chi connectivity index (χ3n) is 3.43. The summed E-state index contributed by atoms with van der Waals surface area (Å²) < 4.78 is 0. The molecule has 0 fully saturated rings. The zero-order chi connectivity index (χ0) is 12.0. The molecule has 0 radical (unpaired) electrons. The first-order valence-electron chi connectivity index (χ1n) is 5.91. The molecule has 0 bridgehead atoms. The van der Waals surface area contributed by atoms with Crippen LogP contribution in [0.4, 0.5) is 0 Å². The van der Waals surface area contributed by atoms with Gasteiger partial charge in [0.05, 0.1) is 0 Å². The topological polar surface area (TPSA) is 42.9 Å². The zero-order valence-electron chi connectivity index (χ0n) is 10.4. The van der Waals surface area contributed by atoms with Gasteiger partial charge in [0.1, 0.15) is 11.6 Å². The molecule has 0 amide bonds. The molecule has 1 rings (SSSR count). The highest BCUT2D eigenvalue weighted by Gasteiger charge is 2.28. The first kappa shape index (κ1) is 12.8. The van der Waals surface area contributed by atoms with Crippen molar-refractivity contribution in [3.8, 4) is 0 Å². The Morgan fingerprint density at radius 1 is 1.25 bits per heavy atom. The second-order valence-electron chi connectivity index (χ2n) is 4.36. The zero-order valence-corrected chi connectivity index (χ0v) is 10.4. The Hall–Kier alpha value is -1.25. The molecule has 88 valence electrons. The van der Waals surface area contributed by atoms with Gasteiger partial charge in [0.25, 0.3) is 0 Å². The Labute approximate surface area is 97.3 Å². The van der Waals surface area contributed by atoms with Crippen molar-refractivity contribution >= 4 is 5.78 Å². The number of aromatic nitrogens is 2. The summed E-state index contributed by atoms with van der Waals surface area (Å²) in [5, 5.41) is 0. The minimum atomic E-state index is -0.172. The molecule has 0 atom stereocenters. The van der Waals surface area contributed by atoms with Gasteiger partial charge < -0.3 is 0 Å². The van der Waals surface area contributed by atoms with Crippen LogP contribution < -0.4 is 0 Å². The second-order valence-corrected chi connectivity index (χ2v) is 4.36. The Morgan fingerprint density at radius 3 is 2.31 bits per heavy atom. The maximum Gasteiger partial charge on any atom is 0.139 e. The molecule has 0 aromatic carbocycles. The van der Waals surface area contributed by atoms with Crippen molar-refractivity contribution in [3.63, 3.8) is 0 Å². The monoisotopic (exact) mass is 220 g/mol. The number of rotatable bonds is 6. The summed E-state index contributed by atoms with van der Waals surface area (Å²) in [5.74, 6) is 1.08. The van der Waals surface area contributed by atoms with Gasteiger partial charge in [-0.05, 0) is 18.9 Å². The van der Waals surface area contributed by atoms with E-state index in [2.05, 4.69) is 23.8 Å². The normalized spacial score (nSPS) is 11.4. The lowest BCUT2D eigenvalue weighted by Crippen LogP contribution is -2.26. The van der Waals surface area contributed by atoms with Gasteiger partial charge in [-0.3, -0.25) is 4.79 Å². The average Bonchev–Trinajstić information content (AvgIpc) is 2.36. The lowest BCUT2D eigenvalue weighted by Gasteiger charge is -2.24. The van der Waals surface area contributed by atoms with Crippen molar-refractivity contribution in [2.24, 2.45) is 5.41 Å². The maximum absolute atomic E-state index is 12.0. The van der Waals surface area contributed by atoms with E-state index in [4.69, 9.17) is 0 Å². The van der Waals surface area contributed by atoms with Gasteiger partial charge in [0.15, 0.2) is 0 Å². The minimum Gasteiger partial charge on any atom is -0.299 e. The molecular formula is C13H20N2O. The van der Waals surface area contributed by atoms with E-state index >= 15 is 0 Å². The molecule has 0 saturated heterocycles. The van der Waals surface area contributed by atoms with E-state index in [1.54, 1.807) is 18.5 Å². The van der Waals surface area contributed by atoms with Crippen LogP contribution in [0.25, 0.3) is 0 Å². The van der Waals surface area contributed by atoms with E-state index in [0.717, 1.165) is 18.7 Å². The van der Waals surface area contributed by atoms with Crippen LogP contribution in [0.2, 0.25) is 0 Å². The number of carbonyl (C=O) groups is 1. The molecule has 0 aliphatic rings. The highest BCUT2D eigenvalue weighted by molar-refractivity contribution is 5.84. The summed E-state index contributed by atoms with van der Waals surface area (Å²) in [6.45, 7) is 6.18. The molecule has 1 aromatic heterocycles. The van der Waals surface area contributed by atoms with Crippen LogP contribution in [-0.2, 0) is 11.2 Å². The van der Waals surface area contributed by atoms with E-state index in [1.165, 1.54) is 0 Å². The van der Waals surface area contributed by atoms with E-state index < -0.39 is 0 Å². The quantitative estimate of drug-likeness (QED) is 0.740. The fourth-order valence-electron chi connectivity index (χ4n) is 1.63. The van der Waals surface area contributed by atoms with Crippen molar-refractivity contribution in [2.45, 2.75) is 46.5 Å². The van der Waals surface area contributed by atoms with Crippen LogP contribution in [0.1, 0.15) is 45.9 Å². The molecule has 0 spiro atoms. The predicted molar refractivity (Wildman–Crippen MR) is 64.0 cm³/mol. The highest BCUT2D eigenvalue weighted by atomic mass is 16.1. The number of hydrogen-bond acceptors (Lipinski definition) is 3. The number of hydrogen-bond donors (Lipinski definition) is 0. The molecular weight excluding hydrogens is 200 g/mol. The molecule has 1 heterocycles. The van der Waals surface area contributed by atoms with E-state index in [-0.39, 0.29) is 5.41 Å². The van der Waals surface area contributed by atoms with Gasteiger partial charge in [-0.2, -0.15) is 0 Å². The minimum absolute atomic E-state index is 0.172. The van der Waals surface area contributed by atoms with Gasteiger partial charge in [-0.1, -0.05) is 20.8 Å². The largest absolute Gasteiger partial charge is 0.299 e. The summed E-state index contributed by atoms with van der Waals surface area (Å²) in [5.41, 5.74) is -0.172. The Kier molecular flexibility index (Phi) is 4.59. The van der Waals surface area contributed by atoms with Crippen molar-refractivity contribution in [2.75, 3.05) is 0 Å². The maximum atomic E-state index is 12.0. The van der Waals surface area contributed by atoms with Crippen molar-refractivity contribution in [1.82, 2.24) is 9.97 Å². The smallest absolute Gasteiger partial charge is 0.139 e. The van der Waals surface area contributed by atoms with E-state index in [1.807, 2.05) is 6.92 Å². The molecule has 16 heavy (non-hydrogen) atoms. The van der Waals surface area contributed by atoms with Gasteiger partial charge in [0, 0.05) is 30.7 Å². The molecule has 0 unspecified atom stereocenters. The molecule has 0 N–H and O–H groups in total. The summed E-state index contributed by atoms with van der Waals surface area (Å²) in [6.07, 6.45) is 6.42. The number of aryl methyl sites for hydroxylation is 1. The third-order valence-corrected chi connectivity index (χ3v) is 3.43. The highest BCUT2D eigenvalue weighted by Crippen LogP contribution is 2.28. The fourth-order valence-corrected chi connectivity index (χ4v) is 1.63. The lowest BCUT2D eigenvalue weighted by atomic mass is 9.79. The molecule has 1 aromatic rings. The first-order chi connectivity index (χ1) is 7.62. The van der Waals surface area contributed by atoms with Gasteiger partial charge >= 0.3 is 0 Å². The van der Waals surface area contributed by atoms with Crippen LogP contribution in [0.3, 0.4) is 0 Å². The number of carbonyl (C=O) groups excluding carboxylic acids is 1. The molecule has 0 saturated carbocycles. The standard InChI is InChI=1S/C13H20N2O/c1-4-13(3,5-2)11(16)7-8-12-14-9-6-10-15-12/h6,9-10H,4-5,7-8H2,1-3H3. The third kappa shape index (κ3) is 3.12. The predicted octanol–water partition coefficient (Wildman–Crippen LogP) is 2.80. The van der Waals surface area contributed by atoms with Crippen LogP contribution in [-0.4, -0.2) is 15.8 Å². The summed E-state index contributed by atoms with van der Waals surface area (Å²) in [7, 11) is 0. The van der Waals surface area contributed by atoms with Crippen LogP contribution in [0, 0.1) is 5.41 Å². The SMILES string of the molecule is CCC(C)(CC)C(=O)CCc1ncccn1. The molecule has 0 aliphatic heterocycles. The van der Waals surface area contributed by atoms with Gasteiger partial charge in [-0.25, -0.2) is 9.97 Å². The summed E-state index contributed by atoms with van der Waals surface area (Å²) in [4.78, 5) is 20.3. The summed E-state index contributed by atoms with van der Waals surface area (Å²) in [6, 6.07) is 1.79.